The Bertz CT molecular complexity index is 930. The van der Waals surface area contributed by atoms with Crippen LogP contribution >= 0.6 is 11.6 Å². The van der Waals surface area contributed by atoms with E-state index < -0.39 is 0 Å². The quantitative estimate of drug-likeness (QED) is 0.709. The van der Waals surface area contributed by atoms with E-state index in [1.165, 1.54) is 0 Å². The minimum absolute atomic E-state index is 0.0360. The fourth-order valence-electron chi connectivity index (χ4n) is 3.17. The summed E-state index contributed by atoms with van der Waals surface area (Å²) in [5.74, 6) is 0.845. The Kier molecular flexibility index (Phi) is 4.05. The molecule has 1 aliphatic rings. The summed E-state index contributed by atoms with van der Waals surface area (Å²) in [4.78, 5) is 16.9. The van der Waals surface area contributed by atoms with E-state index in [2.05, 4.69) is 15.1 Å². The number of anilines is 1. The number of aryl methyl sites for hydroxylation is 1. The molecule has 0 saturated carbocycles. The minimum Gasteiger partial charge on any atom is -0.368 e. The van der Waals surface area contributed by atoms with Gasteiger partial charge in [-0.1, -0.05) is 17.7 Å². The van der Waals surface area contributed by atoms with E-state index in [9.17, 15) is 4.79 Å². The van der Waals surface area contributed by atoms with Crippen LogP contribution in [0.5, 0.6) is 0 Å². The molecule has 0 aliphatic carbocycles. The second kappa shape index (κ2) is 6.37. The number of carbonyl (C=O) groups excluding carboxylic acids is 1. The lowest BCUT2D eigenvalue weighted by molar-refractivity contribution is 0.0747. The third kappa shape index (κ3) is 3.05. The molecule has 1 fully saturated rings. The summed E-state index contributed by atoms with van der Waals surface area (Å²) in [5, 5.41) is 8.85. The zero-order valence-electron chi connectivity index (χ0n) is 13.9. The molecule has 0 atom stereocenters. The molecule has 3 aromatic rings. The molecule has 25 heavy (non-hydrogen) atoms. The van der Waals surface area contributed by atoms with Crippen LogP contribution in [0.25, 0.3) is 5.65 Å². The monoisotopic (exact) mass is 355 g/mol. The smallest absolute Gasteiger partial charge is 0.254 e. The van der Waals surface area contributed by atoms with Gasteiger partial charge in [0.15, 0.2) is 5.65 Å². The van der Waals surface area contributed by atoms with Gasteiger partial charge in [0.05, 0.1) is 0 Å². The van der Waals surface area contributed by atoms with Gasteiger partial charge >= 0.3 is 0 Å². The highest BCUT2D eigenvalue weighted by atomic mass is 35.5. The Balaban J connectivity index is 1.46. The molecule has 1 aromatic carbocycles. The van der Waals surface area contributed by atoms with Gasteiger partial charge in [-0.05, 0) is 37.3 Å². The Morgan fingerprint density at radius 2 is 1.88 bits per heavy atom. The van der Waals surface area contributed by atoms with Crippen LogP contribution in [0.2, 0.25) is 5.02 Å². The van der Waals surface area contributed by atoms with E-state index in [0.717, 1.165) is 29.6 Å². The van der Waals surface area contributed by atoms with Crippen LogP contribution in [0.3, 0.4) is 0 Å². The van der Waals surface area contributed by atoms with Crippen LogP contribution in [0.4, 0.5) is 5.69 Å². The maximum atomic E-state index is 12.8. The second-order valence-corrected chi connectivity index (χ2v) is 6.59. The summed E-state index contributed by atoms with van der Waals surface area (Å²) >= 11 is 6.07. The molecule has 0 bridgehead atoms. The molecule has 0 unspecified atom stereocenters. The zero-order valence-corrected chi connectivity index (χ0v) is 14.6. The predicted molar refractivity (Wildman–Crippen MR) is 97.3 cm³/mol. The minimum atomic E-state index is 0.0360. The number of pyridine rings is 1. The van der Waals surface area contributed by atoms with Gasteiger partial charge in [0.2, 0.25) is 0 Å². The number of halogens is 1. The lowest BCUT2D eigenvalue weighted by Crippen LogP contribution is -2.48. The van der Waals surface area contributed by atoms with Crippen LogP contribution in [-0.4, -0.2) is 51.6 Å². The van der Waals surface area contributed by atoms with Crippen molar-refractivity contribution in [2.75, 3.05) is 31.1 Å². The van der Waals surface area contributed by atoms with Crippen molar-refractivity contribution in [3.05, 3.63) is 59.0 Å². The zero-order chi connectivity index (χ0) is 17.4. The number of fused-ring (bicyclic) bond motifs is 1. The van der Waals surface area contributed by atoms with E-state index in [4.69, 9.17) is 11.6 Å². The topological polar surface area (TPSA) is 53.7 Å². The van der Waals surface area contributed by atoms with Crippen molar-refractivity contribution in [3.8, 4) is 0 Å². The van der Waals surface area contributed by atoms with Gasteiger partial charge in [-0.2, -0.15) is 0 Å². The molecule has 6 nitrogen and oxygen atoms in total. The number of hydrogen-bond acceptors (Lipinski definition) is 4. The Labute approximate surface area is 150 Å². The maximum absolute atomic E-state index is 12.8. The van der Waals surface area contributed by atoms with Gasteiger partial charge in [0, 0.05) is 48.6 Å². The Morgan fingerprint density at radius 1 is 1.08 bits per heavy atom. The van der Waals surface area contributed by atoms with Gasteiger partial charge in [0.1, 0.15) is 5.82 Å². The Morgan fingerprint density at radius 3 is 2.64 bits per heavy atom. The van der Waals surface area contributed by atoms with E-state index in [1.807, 2.05) is 52.8 Å². The standard InChI is InChI=1S/C18H18ClN5O/c1-13-20-21-17-11-14(5-6-24(13)17)18(25)23-9-7-22(8-10-23)16-4-2-3-15(19)12-16/h2-6,11-12H,7-10H2,1H3. The van der Waals surface area contributed by atoms with Crippen molar-refractivity contribution in [2.45, 2.75) is 6.92 Å². The van der Waals surface area contributed by atoms with Crippen LogP contribution in [-0.2, 0) is 0 Å². The SMILES string of the molecule is Cc1nnc2cc(C(=O)N3CCN(c4cccc(Cl)c4)CC3)ccn12. The van der Waals surface area contributed by atoms with Crippen molar-refractivity contribution in [1.82, 2.24) is 19.5 Å². The van der Waals surface area contributed by atoms with Gasteiger partial charge in [-0.25, -0.2) is 0 Å². The average Bonchev–Trinajstić information content (AvgIpc) is 3.02. The predicted octanol–water partition coefficient (Wildman–Crippen LogP) is 2.65. The molecule has 0 N–H and O–H groups in total. The molecule has 1 saturated heterocycles. The molecule has 3 heterocycles. The number of amides is 1. The van der Waals surface area contributed by atoms with E-state index in [-0.39, 0.29) is 5.91 Å². The molecule has 0 spiro atoms. The van der Waals surface area contributed by atoms with Crippen molar-refractivity contribution in [3.63, 3.8) is 0 Å². The van der Waals surface area contributed by atoms with Crippen LogP contribution in [0, 0.1) is 6.92 Å². The molecular weight excluding hydrogens is 338 g/mol. The maximum Gasteiger partial charge on any atom is 0.254 e. The number of nitrogens with zero attached hydrogens (tertiary/aromatic N) is 5. The highest BCUT2D eigenvalue weighted by Gasteiger charge is 2.23. The van der Waals surface area contributed by atoms with Gasteiger partial charge < -0.3 is 9.80 Å². The van der Waals surface area contributed by atoms with Crippen molar-refractivity contribution >= 4 is 28.8 Å². The second-order valence-electron chi connectivity index (χ2n) is 6.15. The molecule has 0 radical (unpaired) electrons. The molecular formula is C18H18ClN5O. The Hall–Kier alpha value is -2.60. The average molecular weight is 356 g/mol. The number of benzene rings is 1. The first-order valence-corrected chi connectivity index (χ1v) is 8.61. The summed E-state index contributed by atoms with van der Waals surface area (Å²) in [7, 11) is 0. The molecule has 2 aromatic heterocycles. The number of piperazine rings is 1. The number of aromatic nitrogens is 3. The van der Waals surface area contributed by atoms with Crippen molar-refractivity contribution in [1.29, 1.82) is 0 Å². The first-order valence-electron chi connectivity index (χ1n) is 8.23. The van der Waals surface area contributed by atoms with E-state index >= 15 is 0 Å². The third-order valence-electron chi connectivity index (χ3n) is 4.57. The number of rotatable bonds is 2. The van der Waals surface area contributed by atoms with Crippen molar-refractivity contribution in [2.24, 2.45) is 0 Å². The van der Waals surface area contributed by atoms with Crippen LogP contribution < -0.4 is 4.90 Å². The number of hydrogen-bond donors (Lipinski definition) is 0. The lowest BCUT2D eigenvalue weighted by Gasteiger charge is -2.36. The summed E-state index contributed by atoms with van der Waals surface area (Å²) < 4.78 is 1.87. The molecule has 1 amide bonds. The number of carbonyl (C=O) groups is 1. The molecule has 4 rings (SSSR count). The summed E-state index contributed by atoms with van der Waals surface area (Å²) in [6, 6.07) is 11.4. The lowest BCUT2D eigenvalue weighted by atomic mass is 10.2. The highest BCUT2D eigenvalue weighted by molar-refractivity contribution is 6.30. The molecule has 1 aliphatic heterocycles. The van der Waals surface area contributed by atoms with Gasteiger partial charge in [-0.15, -0.1) is 10.2 Å². The van der Waals surface area contributed by atoms with Gasteiger partial charge in [0.25, 0.3) is 5.91 Å². The first-order chi connectivity index (χ1) is 12.1. The summed E-state index contributed by atoms with van der Waals surface area (Å²) in [5.41, 5.74) is 2.44. The van der Waals surface area contributed by atoms with Crippen LogP contribution in [0.1, 0.15) is 16.2 Å². The fraction of sp³-hybridized carbons (Fsp3) is 0.278. The molecule has 128 valence electrons. The first kappa shape index (κ1) is 15.9. The summed E-state index contributed by atoms with van der Waals surface area (Å²) in [6.45, 7) is 4.83. The van der Waals surface area contributed by atoms with E-state index in [0.29, 0.717) is 24.3 Å². The van der Waals surface area contributed by atoms with E-state index in [1.54, 1.807) is 6.07 Å². The van der Waals surface area contributed by atoms with Crippen molar-refractivity contribution < 1.29 is 4.79 Å². The third-order valence-corrected chi connectivity index (χ3v) is 4.80. The normalized spacial score (nSPS) is 15.0. The van der Waals surface area contributed by atoms with Crippen LogP contribution in [0.15, 0.2) is 42.6 Å². The molecule has 7 heteroatoms. The van der Waals surface area contributed by atoms with Gasteiger partial charge in [-0.3, -0.25) is 9.20 Å². The fourth-order valence-corrected chi connectivity index (χ4v) is 3.35. The highest BCUT2D eigenvalue weighted by Crippen LogP contribution is 2.21. The summed E-state index contributed by atoms with van der Waals surface area (Å²) in [6.07, 6.45) is 1.85. The largest absolute Gasteiger partial charge is 0.368 e.